The SMILES string of the molecule is NCC1C2CN(Cc3ccc(C(F)(F)F)cc3)C(=O)C12. The molecule has 1 aromatic rings. The Balaban J connectivity index is 1.64. The predicted molar refractivity (Wildman–Crippen MR) is 66.4 cm³/mol. The molecular formula is C14H15F3N2O. The van der Waals surface area contributed by atoms with Crippen LogP contribution in [0, 0.1) is 17.8 Å². The molecule has 1 saturated carbocycles. The van der Waals surface area contributed by atoms with E-state index in [1.165, 1.54) is 12.1 Å². The van der Waals surface area contributed by atoms with Crippen molar-refractivity contribution in [2.24, 2.45) is 23.5 Å². The maximum Gasteiger partial charge on any atom is 0.416 e. The zero-order chi connectivity index (χ0) is 14.5. The number of fused-ring (bicyclic) bond motifs is 1. The minimum absolute atomic E-state index is 0.0504. The van der Waals surface area contributed by atoms with Crippen molar-refractivity contribution in [3.8, 4) is 0 Å². The number of hydrogen-bond donors (Lipinski definition) is 1. The van der Waals surface area contributed by atoms with Gasteiger partial charge in [-0.25, -0.2) is 0 Å². The Morgan fingerprint density at radius 2 is 1.90 bits per heavy atom. The van der Waals surface area contributed by atoms with Crippen LogP contribution < -0.4 is 5.73 Å². The zero-order valence-electron chi connectivity index (χ0n) is 10.7. The minimum atomic E-state index is -4.32. The van der Waals surface area contributed by atoms with E-state index in [1.54, 1.807) is 4.90 Å². The number of hydrogen-bond acceptors (Lipinski definition) is 2. The molecular weight excluding hydrogens is 269 g/mol. The fourth-order valence-corrected chi connectivity index (χ4v) is 3.10. The van der Waals surface area contributed by atoms with E-state index in [4.69, 9.17) is 5.73 Å². The predicted octanol–water partition coefficient (Wildman–Crippen LogP) is 1.87. The quantitative estimate of drug-likeness (QED) is 0.921. The van der Waals surface area contributed by atoms with Crippen molar-refractivity contribution < 1.29 is 18.0 Å². The lowest BCUT2D eigenvalue weighted by molar-refractivity contribution is -0.137. The van der Waals surface area contributed by atoms with Crippen molar-refractivity contribution in [2.75, 3.05) is 13.1 Å². The Labute approximate surface area is 114 Å². The van der Waals surface area contributed by atoms with Crippen LogP contribution in [0.4, 0.5) is 13.2 Å². The van der Waals surface area contributed by atoms with Crippen LogP contribution in [0.5, 0.6) is 0 Å². The summed E-state index contributed by atoms with van der Waals surface area (Å²) in [6, 6.07) is 4.97. The molecule has 2 N–H and O–H groups in total. The fraction of sp³-hybridized carbons (Fsp3) is 0.500. The third kappa shape index (κ3) is 2.18. The number of likely N-dealkylation sites (tertiary alicyclic amines) is 1. The lowest BCUT2D eigenvalue weighted by Gasteiger charge is -2.20. The highest BCUT2D eigenvalue weighted by Crippen LogP contribution is 2.52. The van der Waals surface area contributed by atoms with E-state index in [2.05, 4.69) is 0 Å². The second-order valence-corrected chi connectivity index (χ2v) is 5.50. The topological polar surface area (TPSA) is 46.3 Å². The van der Waals surface area contributed by atoms with Crippen LogP contribution in [0.3, 0.4) is 0 Å². The lowest BCUT2D eigenvalue weighted by Crippen LogP contribution is -2.30. The van der Waals surface area contributed by atoms with E-state index < -0.39 is 11.7 Å². The highest BCUT2D eigenvalue weighted by Gasteiger charge is 2.60. The van der Waals surface area contributed by atoms with Crippen LogP contribution in [0.25, 0.3) is 0 Å². The number of halogens is 3. The molecule has 2 aliphatic rings. The first-order chi connectivity index (χ1) is 9.41. The summed E-state index contributed by atoms with van der Waals surface area (Å²) in [4.78, 5) is 13.7. The van der Waals surface area contributed by atoms with Crippen LogP contribution in [0.2, 0.25) is 0 Å². The van der Waals surface area contributed by atoms with E-state index >= 15 is 0 Å². The molecule has 6 heteroatoms. The van der Waals surface area contributed by atoms with Gasteiger partial charge in [0.2, 0.25) is 5.91 Å². The summed E-state index contributed by atoms with van der Waals surface area (Å²) in [5.74, 6) is 0.799. The second-order valence-electron chi connectivity index (χ2n) is 5.50. The smallest absolute Gasteiger partial charge is 0.338 e. The first-order valence-corrected chi connectivity index (χ1v) is 6.57. The summed E-state index contributed by atoms with van der Waals surface area (Å²) in [5, 5.41) is 0. The second kappa shape index (κ2) is 4.48. The molecule has 0 bridgehead atoms. The van der Waals surface area contributed by atoms with Crippen molar-refractivity contribution >= 4 is 5.91 Å². The Morgan fingerprint density at radius 1 is 1.25 bits per heavy atom. The van der Waals surface area contributed by atoms with Gasteiger partial charge in [0, 0.05) is 19.0 Å². The van der Waals surface area contributed by atoms with Crippen molar-refractivity contribution in [1.29, 1.82) is 0 Å². The molecule has 3 rings (SSSR count). The molecule has 2 fully saturated rings. The number of alkyl halides is 3. The molecule has 3 nitrogen and oxygen atoms in total. The number of amides is 1. The normalized spacial score (nSPS) is 28.7. The number of nitrogens with zero attached hydrogens (tertiary/aromatic N) is 1. The van der Waals surface area contributed by atoms with Crippen molar-refractivity contribution in [1.82, 2.24) is 4.90 Å². The number of carbonyl (C=O) groups is 1. The van der Waals surface area contributed by atoms with Gasteiger partial charge in [-0.3, -0.25) is 4.79 Å². The number of benzene rings is 1. The summed E-state index contributed by atoms with van der Waals surface area (Å²) in [6.45, 7) is 1.59. The van der Waals surface area contributed by atoms with Crippen LogP contribution >= 0.6 is 0 Å². The number of piperidine rings is 1. The average Bonchev–Trinajstić information content (AvgIpc) is 3.00. The van der Waals surface area contributed by atoms with Gasteiger partial charge in [-0.1, -0.05) is 12.1 Å². The average molecular weight is 284 g/mol. The van der Waals surface area contributed by atoms with Crippen LogP contribution in [0.15, 0.2) is 24.3 Å². The molecule has 108 valence electrons. The Kier molecular flexibility index (Phi) is 3.01. The molecule has 1 saturated heterocycles. The van der Waals surface area contributed by atoms with Gasteiger partial charge < -0.3 is 10.6 Å². The maximum atomic E-state index is 12.4. The third-order valence-electron chi connectivity index (χ3n) is 4.29. The van der Waals surface area contributed by atoms with Gasteiger partial charge in [-0.2, -0.15) is 13.2 Å². The van der Waals surface area contributed by atoms with Gasteiger partial charge in [0.05, 0.1) is 5.56 Å². The van der Waals surface area contributed by atoms with Crippen molar-refractivity contribution in [3.05, 3.63) is 35.4 Å². The van der Waals surface area contributed by atoms with Crippen LogP contribution in [-0.4, -0.2) is 23.9 Å². The van der Waals surface area contributed by atoms with Crippen LogP contribution in [-0.2, 0) is 17.5 Å². The summed E-state index contributed by atoms with van der Waals surface area (Å²) in [6.07, 6.45) is -4.32. The molecule has 0 aromatic heterocycles. The number of carbonyl (C=O) groups excluding carboxylic acids is 1. The van der Waals surface area contributed by atoms with E-state index in [9.17, 15) is 18.0 Å². The molecule has 0 radical (unpaired) electrons. The molecule has 1 heterocycles. The number of rotatable bonds is 3. The Hall–Kier alpha value is -1.56. The largest absolute Gasteiger partial charge is 0.416 e. The summed E-state index contributed by atoms with van der Waals surface area (Å²) in [5.41, 5.74) is 5.62. The highest BCUT2D eigenvalue weighted by molar-refractivity contribution is 5.85. The molecule has 20 heavy (non-hydrogen) atoms. The molecule has 1 amide bonds. The van der Waals surface area contributed by atoms with E-state index in [1.807, 2.05) is 0 Å². The van der Waals surface area contributed by atoms with Gasteiger partial charge in [-0.05, 0) is 36.1 Å². The Morgan fingerprint density at radius 3 is 2.35 bits per heavy atom. The molecule has 1 aliphatic carbocycles. The van der Waals surface area contributed by atoms with E-state index in [0.717, 1.165) is 17.7 Å². The van der Waals surface area contributed by atoms with Gasteiger partial charge in [-0.15, -0.1) is 0 Å². The summed E-state index contributed by atoms with van der Waals surface area (Å²) < 4.78 is 37.3. The molecule has 3 atom stereocenters. The van der Waals surface area contributed by atoms with E-state index in [-0.39, 0.29) is 11.8 Å². The maximum absolute atomic E-state index is 12.4. The molecule has 0 spiro atoms. The minimum Gasteiger partial charge on any atom is -0.338 e. The van der Waals surface area contributed by atoms with E-state index in [0.29, 0.717) is 31.5 Å². The monoisotopic (exact) mass is 284 g/mol. The van der Waals surface area contributed by atoms with Gasteiger partial charge in [0.15, 0.2) is 0 Å². The first-order valence-electron chi connectivity index (χ1n) is 6.57. The lowest BCUT2D eigenvalue weighted by atomic mass is 10.1. The summed E-state index contributed by atoms with van der Waals surface area (Å²) >= 11 is 0. The molecule has 3 unspecified atom stereocenters. The Bertz CT molecular complexity index is 526. The van der Waals surface area contributed by atoms with Gasteiger partial charge in [0.1, 0.15) is 0 Å². The summed E-state index contributed by atoms with van der Waals surface area (Å²) in [7, 11) is 0. The van der Waals surface area contributed by atoms with Gasteiger partial charge in [0.25, 0.3) is 0 Å². The van der Waals surface area contributed by atoms with Gasteiger partial charge >= 0.3 is 6.18 Å². The fourth-order valence-electron chi connectivity index (χ4n) is 3.10. The molecule has 1 aromatic carbocycles. The standard InChI is InChI=1S/C14H15F3N2O/c15-14(16,17)9-3-1-8(2-4-9)6-19-7-11-10(5-18)12(11)13(19)20/h1-4,10-12H,5-7,18H2. The van der Waals surface area contributed by atoms with Crippen molar-refractivity contribution in [2.45, 2.75) is 12.7 Å². The zero-order valence-corrected chi connectivity index (χ0v) is 10.7. The highest BCUT2D eigenvalue weighted by atomic mass is 19.4. The first kappa shape index (κ1) is 13.4. The third-order valence-corrected chi connectivity index (χ3v) is 4.29. The number of nitrogens with two attached hydrogens (primary N) is 1. The van der Waals surface area contributed by atoms with Crippen LogP contribution in [0.1, 0.15) is 11.1 Å². The molecule has 1 aliphatic heterocycles. The van der Waals surface area contributed by atoms with Crippen molar-refractivity contribution in [3.63, 3.8) is 0 Å².